The topological polar surface area (TPSA) is 87.7 Å². The number of carboxylic acid groups (broad SMARTS) is 1. The van der Waals surface area contributed by atoms with Gasteiger partial charge >= 0.3 is 12.0 Å². The molecule has 0 saturated carbocycles. The summed E-state index contributed by atoms with van der Waals surface area (Å²) in [5.41, 5.74) is 0.440. The first-order valence-electron chi connectivity index (χ1n) is 6.56. The van der Waals surface area contributed by atoms with Crippen LogP contribution in [0.1, 0.15) is 13.3 Å². The van der Waals surface area contributed by atoms with Crippen LogP contribution in [0.25, 0.3) is 0 Å². The molecule has 1 rings (SSSR count). The average Bonchev–Trinajstić information content (AvgIpc) is 2.45. The number of anilines is 1. The predicted molar refractivity (Wildman–Crippen MR) is 84.2 cm³/mol. The molecule has 1 unspecified atom stereocenters. The van der Waals surface area contributed by atoms with Crippen molar-refractivity contribution < 1.29 is 19.4 Å². The number of aliphatic carboxylic acids is 1. The van der Waals surface area contributed by atoms with Gasteiger partial charge in [0, 0.05) is 11.8 Å². The molecule has 0 aromatic heterocycles. The number of nitrogens with one attached hydrogen (secondary N) is 2. The van der Waals surface area contributed by atoms with Crippen LogP contribution in [0.5, 0.6) is 5.75 Å². The summed E-state index contributed by atoms with van der Waals surface area (Å²) in [7, 11) is 0. The van der Waals surface area contributed by atoms with E-state index in [1.54, 1.807) is 36.0 Å². The van der Waals surface area contributed by atoms with Crippen molar-refractivity contribution in [2.24, 2.45) is 0 Å². The van der Waals surface area contributed by atoms with E-state index in [0.29, 0.717) is 11.4 Å². The minimum Gasteiger partial charge on any atom is -0.480 e. The van der Waals surface area contributed by atoms with Crippen molar-refractivity contribution in [3.05, 3.63) is 24.3 Å². The van der Waals surface area contributed by atoms with E-state index < -0.39 is 12.6 Å². The summed E-state index contributed by atoms with van der Waals surface area (Å²) in [5.74, 6) is 0.0920. The van der Waals surface area contributed by atoms with Gasteiger partial charge < -0.3 is 20.5 Å². The quantitative estimate of drug-likeness (QED) is 0.686. The van der Waals surface area contributed by atoms with E-state index in [0.717, 1.165) is 12.2 Å². The minimum absolute atomic E-state index is 0.0899. The van der Waals surface area contributed by atoms with Gasteiger partial charge in [-0.05, 0) is 24.8 Å². The maximum absolute atomic E-state index is 11.9. The SMILES string of the molecule is CCC(CSC)NC(=O)Nc1ccccc1OCC(=O)O. The van der Waals surface area contributed by atoms with Gasteiger partial charge in [-0.15, -0.1) is 0 Å². The number of benzene rings is 1. The molecular weight excluding hydrogens is 292 g/mol. The first kappa shape index (κ1) is 17.2. The van der Waals surface area contributed by atoms with Gasteiger partial charge in [-0.25, -0.2) is 9.59 Å². The Morgan fingerprint density at radius 2 is 2.10 bits per heavy atom. The van der Waals surface area contributed by atoms with Crippen LogP contribution in [-0.2, 0) is 4.79 Å². The summed E-state index contributed by atoms with van der Waals surface area (Å²) in [6.07, 6.45) is 2.82. The Morgan fingerprint density at radius 1 is 1.38 bits per heavy atom. The van der Waals surface area contributed by atoms with Crippen molar-refractivity contribution in [2.45, 2.75) is 19.4 Å². The van der Waals surface area contributed by atoms with Gasteiger partial charge in [-0.1, -0.05) is 19.1 Å². The van der Waals surface area contributed by atoms with Gasteiger partial charge in [0.05, 0.1) is 5.69 Å². The maximum atomic E-state index is 11.9. The van der Waals surface area contributed by atoms with Gasteiger partial charge in [0.15, 0.2) is 6.61 Å². The Bertz CT molecular complexity index is 482. The highest BCUT2D eigenvalue weighted by Gasteiger charge is 2.12. The maximum Gasteiger partial charge on any atom is 0.341 e. The minimum atomic E-state index is -1.07. The van der Waals surface area contributed by atoms with Crippen molar-refractivity contribution in [3.63, 3.8) is 0 Å². The van der Waals surface area contributed by atoms with Crippen LogP contribution >= 0.6 is 11.8 Å². The van der Waals surface area contributed by atoms with Crippen LogP contribution in [0, 0.1) is 0 Å². The second kappa shape index (κ2) is 9.12. The zero-order chi connectivity index (χ0) is 15.7. The summed E-state index contributed by atoms with van der Waals surface area (Å²) in [5, 5.41) is 14.2. The highest BCUT2D eigenvalue weighted by molar-refractivity contribution is 7.98. The second-order valence-corrected chi connectivity index (χ2v) is 5.25. The average molecular weight is 312 g/mol. The normalized spacial score (nSPS) is 11.5. The van der Waals surface area contributed by atoms with Crippen LogP contribution < -0.4 is 15.4 Å². The molecule has 7 heteroatoms. The summed E-state index contributed by atoms with van der Waals surface area (Å²) >= 11 is 1.66. The Balaban J connectivity index is 2.64. The lowest BCUT2D eigenvalue weighted by atomic mass is 10.2. The fourth-order valence-corrected chi connectivity index (χ4v) is 2.36. The van der Waals surface area contributed by atoms with E-state index in [1.807, 2.05) is 13.2 Å². The molecule has 0 fully saturated rings. The third-order valence-electron chi connectivity index (χ3n) is 2.68. The van der Waals surface area contributed by atoms with Crippen molar-refractivity contribution in [1.82, 2.24) is 5.32 Å². The Labute approximate surface area is 128 Å². The molecule has 2 amide bonds. The molecule has 0 aliphatic carbocycles. The molecule has 0 aliphatic heterocycles. The van der Waals surface area contributed by atoms with Gasteiger partial charge in [0.25, 0.3) is 0 Å². The number of carbonyl (C=O) groups excluding carboxylic acids is 1. The lowest BCUT2D eigenvalue weighted by molar-refractivity contribution is -0.139. The monoisotopic (exact) mass is 312 g/mol. The molecule has 0 aliphatic rings. The summed E-state index contributed by atoms with van der Waals surface area (Å²) in [4.78, 5) is 22.5. The van der Waals surface area contributed by atoms with E-state index in [9.17, 15) is 9.59 Å². The number of thioether (sulfide) groups is 1. The molecule has 116 valence electrons. The molecule has 0 spiro atoms. The number of urea groups is 1. The molecular formula is C14H20N2O4S. The number of para-hydroxylation sites is 2. The Hall–Kier alpha value is -1.89. The van der Waals surface area contributed by atoms with E-state index in [-0.39, 0.29) is 12.1 Å². The summed E-state index contributed by atoms with van der Waals surface area (Å²) < 4.78 is 5.13. The van der Waals surface area contributed by atoms with Crippen LogP contribution in [0.15, 0.2) is 24.3 Å². The third kappa shape index (κ3) is 6.40. The van der Waals surface area contributed by atoms with E-state index in [2.05, 4.69) is 10.6 Å². The molecule has 0 bridgehead atoms. The number of carbonyl (C=O) groups is 2. The molecule has 0 radical (unpaired) electrons. The zero-order valence-electron chi connectivity index (χ0n) is 12.1. The van der Waals surface area contributed by atoms with E-state index >= 15 is 0 Å². The molecule has 21 heavy (non-hydrogen) atoms. The number of hydrogen-bond acceptors (Lipinski definition) is 4. The first-order valence-corrected chi connectivity index (χ1v) is 7.96. The highest BCUT2D eigenvalue weighted by Crippen LogP contribution is 2.23. The summed E-state index contributed by atoms with van der Waals surface area (Å²) in [6.45, 7) is 1.55. The lowest BCUT2D eigenvalue weighted by Crippen LogP contribution is -2.39. The van der Waals surface area contributed by atoms with Crippen LogP contribution in [-0.4, -0.2) is 41.8 Å². The highest BCUT2D eigenvalue weighted by atomic mass is 32.2. The molecule has 3 N–H and O–H groups in total. The van der Waals surface area contributed by atoms with Crippen LogP contribution in [0.2, 0.25) is 0 Å². The van der Waals surface area contributed by atoms with Crippen LogP contribution in [0.3, 0.4) is 0 Å². The second-order valence-electron chi connectivity index (χ2n) is 4.34. The van der Waals surface area contributed by atoms with Crippen molar-refractivity contribution >= 4 is 29.4 Å². The van der Waals surface area contributed by atoms with Crippen LogP contribution in [0.4, 0.5) is 10.5 Å². The standard InChI is InChI=1S/C14H20N2O4S/c1-3-10(9-21-2)15-14(19)16-11-6-4-5-7-12(11)20-8-13(17)18/h4-7,10H,3,8-9H2,1-2H3,(H,17,18)(H2,15,16,19). The molecule has 1 aromatic rings. The molecule has 0 saturated heterocycles. The molecule has 1 aromatic carbocycles. The number of rotatable bonds is 8. The molecule has 1 atom stereocenters. The third-order valence-corrected chi connectivity index (χ3v) is 3.42. The fourth-order valence-electron chi connectivity index (χ4n) is 1.64. The van der Waals surface area contributed by atoms with Crippen molar-refractivity contribution in [3.8, 4) is 5.75 Å². The number of hydrogen-bond donors (Lipinski definition) is 3. The molecule has 6 nitrogen and oxygen atoms in total. The van der Waals surface area contributed by atoms with Crippen molar-refractivity contribution in [2.75, 3.05) is 23.9 Å². The first-order chi connectivity index (χ1) is 10.1. The summed E-state index contributed by atoms with van der Waals surface area (Å²) in [6, 6.07) is 6.48. The lowest BCUT2D eigenvalue weighted by Gasteiger charge is -2.17. The Kier molecular flexibility index (Phi) is 7.45. The molecule has 0 heterocycles. The van der Waals surface area contributed by atoms with Gasteiger partial charge in [0.2, 0.25) is 0 Å². The van der Waals surface area contributed by atoms with Gasteiger partial charge in [-0.3, -0.25) is 0 Å². The largest absolute Gasteiger partial charge is 0.480 e. The van der Waals surface area contributed by atoms with Gasteiger partial charge in [0.1, 0.15) is 5.75 Å². The number of carboxylic acids is 1. The van der Waals surface area contributed by atoms with Crippen molar-refractivity contribution in [1.29, 1.82) is 0 Å². The smallest absolute Gasteiger partial charge is 0.341 e. The zero-order valence-corrected chi connectivity index (χ0v) is 12.9. The van der Waals surface area contributed by atoms with E-state index in [1.165, 1.54) is 0 Å². The fraction of sp³-hybridized carbons (Fsp3) is 0.429. The number of ether oxygens (including phenoxy) is 1. The van der Waals surface area contributed by atoms with E-state index in [4.69, 9.17) is 9.84 Å². The Morgan fingerprint density at radius 3 is 2.71 bits per heavy atom. The number of amides is 2. The predicted octanol–water partition coefficient (Wildman–Crippen LogP) is 2.41. The van der Waals surface area contributed by atoms with Gasteiger partial charge in [-0.2, -0.15) is 11.8 Å².